The minimum atomic E-state index is -5.16. The van der Waals surface area contributed by atoms with Gasteiger partial charge in [0.25, 0.3) is 23.2 Å². The van der Waals surface area contributed by atoms with Gasteiger partial charge in [0.2, 0.25) is 0 Å². The Kier molecular flexibility index (Phi) is 10.8. The van der Waals surface area contributed by atoms with Gasteiger partial charge in [-0.2, -0.15) is 26.3 Å². The quantitative estimate of drug-likeness (QED) is 0.128. The molecule has 2 aliphatic heterocycles. The van der Waals surface area contributed by atoms with Gasteiger partial charge in [0.15, 0.2) is 0 Å². The first kappa shape index (κ1) is 40.4. The SMILES string of the molecule is CN(CCN1C(=O)N(c2ccc([N+](=O)[O-])c(C(F)(F)F)c2)C(=O)C1(C)C)CCN1C(=O)N(c2ccc([N+](=O)[O-])c(C(F)(F)F)c2)C(=O)C1(C)C.Cl. The minimum Gasteiger partial charge on any atom is -0.308 e. The first-order chi connectivity index (χ1) is 22.8. The lowest BCUT2D eigenvalue weighted by atomic mass is 10.0. The van der Waals surface area contributed by atoms with Crippen LogP contribution in [0, 0.1) is 20.2 Å². The van der Waals surface area contributed by atoms with Crippen molar-refractivity contribution in [2.75, 3.05) is 43.0 Å². The Bertz CT molecular complexity index is 1680. The Balaban J connectivity index is 0.00000702. The summed E-state index contributed by atoms with van der Waals surface area (Å²) >= 11 is 0. The molecule has 2 aromatic rings. The standard InChI is InChI=1S/C29H29F6N7O8.ClH/c1-26(2)22(43)39(16-6-8-20(41(47)48)18(14-16)28(30,31)32)24(45)37(26)12-10-36(5)11-13-38-25(46)40(23(44)27(38,3)4)17-7-9-21(42(49)50)19(15-17)29(33,34)35;/h6-9,14-15H,10-13H2,1-5H3;1H. The van der Waals surface area contributed by atoms with Gasteiger partial charge in [-0.05, 0) is 59.0 Å². The predicted octanol–water partition coefficient (Wildman–Crippen LogP) is 5.69. The molecule has 0 radical (unpaired) electrons. The highest BCUT2D eigenvalue weighted by Crippen LogP contribution is 2.42. The fraction of sp³-hybridized carbons (Fsp3) is 0.448. The second kappa shape index (κ2) is 13.6. The van der Waals surface area contributed by atoms with Crippen LogP contribution in [0.15, 0.2) is 36.4 Å². The van der Waals surface area contributed by atoms with E-state index in [0.29, 0.717) is 34.1 Å². The minimum absolute atomic E-state index is 0. The molecule has 2 saturated heterocycles. The molecule has 0 spiro atoms. The maximum absolute atomic E-state index is 13.6. The highest BCUT2D eigenvalue weighted by molar-refractivity contribution is 6.23. The van der Waals surface area contributed by atoms with E-state index in [-0.39, 0.29) is 38.6 Å². The van der Waals surface area contributed by atoms with Crippen molar-refractivity contribution in [2.45, 2.75) is 51.1 Å². The Morgan fingerprint density at radius 3 is 1.25 bits per heavy atom. The number of alkyl halides is 6. The third-order valence-corrected chi connectivity index (χ3v) is 8.54. The molecule has 278 valence electrons. The van der Waals surface area contributed by atoms with Crippen molar-refractivity contribution in [1.82, 2.24) is 14.7 Å². The summed E-state index contributed by atoms with van der Waals surface area (Å²) in [6.07, 6.45) is -10.3. The number of nitro groups is 2. The second-order valence-electron chi connectivity index (χ2n) is 12.5. The summed E-state index contributed by atoms with van der Waals surface area (Å²) in [5.41, 5.74) is -9.99. The molecule has 0 saturated carbocycles. The molecule has 0 bridgehead atoms. The highest BCUT2D eigenvalue weighted by Gasteiger charge is 2.54. The number of anilines is 2. The van der Waals surface area contributed by atoms with E-state index in [9.17, 15) is 65.7 Å². The fourth-order valence-corrected chi connectivity index (χ4v) is 5.63. The summed E-state index contributed by atoms with van der Waals surface area (Å²) < 4.78 is 81.5. The van der Waals surface area contributed by atoms with Crippen molar-refractivity contribution in [3.05, 3.63) is 67.8 Å². The van der Waals surface area contributed by atoms with E-state index >= 15 is 0 Å². The van der Waals surface area contributed by atoms with Crippen molar-refractivity contribution in [2.24, 2.45) is 0 Å². The van der Waals surface area contributed by atoms with Crippen molar-refractivity contribution >= 4 is 59.0 Å². The second-order valence-corrected chi connectivity index (χ2v) is 12.5. The highest BCUT2D eigenvalue weighted by atomic mass is 35.5. The maximum Gasteiger partial charge on any atom is 0.423 e. The lowest BCUT2D eigenvalue weighted by Crippen LogP contribution is -2.49. The molecule has 0 aromatic heterocycles. The number of nitro benzene ring substituents is 2. The average Bonchev–Trinajstić information content (AvgIpc) is 3.27. The van der Waals surface area contributed by atoms with Crippen molar-refractivity contribution in [3.8, 4) is 0 Å². The summed E-state index contributed by atoms with van der Waals surface area (Å²) in [7, 11) is 1.55. The number of carbonyl (C=O) groups is 4. The van der Waals surface area contributed by atoms with Crippen molar-refractivity contribution in [3.63, 3.8) is 0 Å². The van der Waals surface area contributed by atoms with Gasteiger partial charge in [0.05, 0.1) is 21.2 Å². The lowest BCUT2D eigenvalue weighted by Gasteiger charge is -2.32. The number of rotatable bonds is 10. The zero-order chi connectivity index (χ0) is 37.9. The Labute approximate surface area is 291 Å². The number of likely N-dealkylation sites (N-methyl/N-ethyl adjacent to an activating group) is 1. The van der Waals surface area contributed by atoms with E-state index in [0.717, 1.165) is 21.9 Å². The first-order valence-corrected chi connectivity index (χ1v) is 14.6. The topological polar surface area (TPSA) is 171 Å². The molecular weight excluding hydrogens is 724 g/mol. The van der Waals surface area contributed by atoms with Crippen LogP contribution in [0.25, 0.3) is 0 Å². The summed E-state index contributed by atoms with van der Waals surface area (Å²) in [6, 6.07) is 1.52. The first-order valence-electron chi connectivity index (χ1n) is 14.6. The zero-order valence-electron chi connectivity index (χ0n) is 27.4. The monoisotopic (exact) mass is 753 g/mol. The molecule has 2 fully saturated rings. The molecule has 0 atom stereocenters. The molecule has 0 aliphatic carbocycles. The molecule has 15 nitrogen and oxygen atoms in total. The van der Waals surface area contributed by atoms with Crippen LogP contribution in [-0.4, -0.2) is 92.7 Å². The van der Waals surface area contributed by atoms with E-state index in [1.54, 1.807) is 11.9 Å². The summed E-state index contributed by atoms with van der Waals surface area (Å²) in [4.78, 5) is 77.8. The van der Waals surface area contributed by atoms with Crippen LogP contribution in [0.4, 0.5) is 58.7 Å². The van der Waals surface area contributed by atoms with E-state index in [1.165, 1.54) is 27.7 Å². The van der Waals surface area contributed by atoms with Crippen LogP contribution in [0.2, 0.25) is 0 Å². The number of amides is 6. The van der Waals surface area contributed by atoms with Gasteiger partial charge in [-0.25, -0.2) is 19.4 Å². The average molecular weight is 754 g/mol. The van der Waals surface area contributed by atoms with E-state index in [2.05, 4.69) is 0 Å². The van der Waals surface area contributed by atoms with Crippen molar-refractivity contribution < 1.29 is 55.4 Å². The van der Waals surface area contributed by atoms with Crippen molar-refractivity contribution in [1.29, 1.82) is 0 Å². The van der Waals surface area contributed by atoms with E-state index in [1.807, 2.05) is 0 Å². The van der Waals surface area contributed by atoms with Crippen LogP contribution in [0.5, 0.6) is 0 Å². The molecule has 2 heterocycles. The van der Waals surface area contributed by atoms with Crippen LogP contribution < -0.4 is 9.80 Å². The zero-order valence-corrected chi connectivity index (χ0v) is 28.2. The Morgan fingerprint density at radius 1 is 0.667 bits per heavy atom. The predicted molar refractivity (Wildman–Crippen MR) is 168 cm³/mol. The summed E-state index contributed by atoms with van der Waals surface area (Å²) in [6.45, 7) is 5.18. The largest absolute Gasteiger partial charge is 0.423 e. The number of carbonyl (C=O) groups excluding carboxylic acids is 4. The number of imide groups is 2. The molecule has 2 aliphatic rings. The van der Waals surface area contributed by atoms with Gasteiger partial charge in [0.1, 0.15) is 22.2 Å². The Hall–Kier alpha value is -5.05. The lowest BCUT2D eigenvalue weighted by molar-refractivity contribution is -0.388. The molecule has 6 amide bonds. The van der Waals surface area contributed by atoms with Crippen LogP contribution >= 0.6 is 12.4 Å². The summed E-state index contributed by atoms with van der Waals surface area (Å²) in [5.74, 6) is -1.79. The molecule has 0 N–H and O–H groups in total. The van der Waals surface area contributed by atoms with Crippen LogP contribution in [0.3, 0.4) is 0 Å². The number of hydrogen-bond donors (Lipinski definition) is 0. The molecule has 4 rings (SSSR count). The number of nitrogens with zero attached hydrogens (tertiary/aromatic N) is 7. The van der Waals surface area contributed by atoms with Gasteiger partial charge >= 0.3 is 24.4 Å². The van der Waals surface area contributed by atoms with Crippen LogP contribution in [0.1, 0.15) is 38.8 Å². The van der Waals surface area contributed by atoms with Gasteiger partial charge in [-0.15, -0.1) is 12.4 Å². The number of benzene rings is 2. The molecule has 22 heteroatoms. The number of halogens is 7. The third-order valence-electron chi connectivity index (χ3n) is 8.54. The summed E-state index contributed by atoms with van der Waals surface area (Å²) in [5, 5.41) is 22.3. The number of urea groups is 2. The van der Waals surface area contributed by atoms with Gasteiger partial charge < -0.3 is 14.7 Å². The molecular formula is C29H30ClF6N7O8. The van der Waals surface area contributed by atoms with Gasteiger partial charge in [0, 0.05) is 38.3 Å². The normalized spacial score (nSPS) is 17.5. The van der Waals surface area contributed by atoms with Crippen LogP contribution in [-0.2, 0) is 21.9 Å². The maximum atomic E-state index is 13.6. The van der Waals surface area contributed by atoms with Gasteiger partial charge in [-0.1, -0.05) is 0 Å². The molecule has 51 heavy (non-hydrogen) atoms. The number of hydrogen-bond acceptors (Lipinski definition) is 9. The van der Waals surface area contributed by atoms with E-state index < -0.39 is 91.0 Å². The molecule has 0 unspecified atom stereocenters. The van der Waals surface area contributed by atoms with E-state index in [4.69, 9.17) is 0 Å². The smallest absolute Gasteiger partial charge is 0.308 e. The fourth-order valence-electron chi connectivity index (χ4n) is 5.63. The molecule has 2 aromatic carbocycles. The third kappa shape index (κ3) is 7.25. The Morgan fingerprint density at radius 2 is 0.980 bits per heavy atom. The van der Waals surface area contributed by atoms with Gasteiger partial charge in [-0.3, -0.25) is 29.8 Å².